The molecule has 0 bridgehead atoms. The van der Waals surface area contributed by atoms with Gasteiger partial charge in [-0.1, -0.05) is 20.3 Å². The third-order valence-electron chi connectivity index (χ3n) is 5.11. The Morgan fingerprint density at radius 2 is 1.42 bits per heavy atom. The molecule has 0 aromatic rings. The van der Waals surface area contributed by atoms with Gasteiger partial charge in [0.15, 0.2) is 0 Å². The molecule has 0 aliphatic heterocycles. The highest BCUT2D eigenvalue weighted by molar-refractivity contribution is 4.80. The molecule has 0 amide bonds. The van der Waals surface area contributed by atoms with Crippen molar-refractivity contribution >= 4 is 0 Å². The number of hydrogen-bond donors (Lipinski definition) is 1. The smallest absolute Gasteiger partial charge is 0.0580 e. The molecular formula is C17H33NO. The van der Waals surface area contributed by atoms with Crippen LogP contribution in [0.1, 0.15) is 78.1 Å². The fraction of sp³-hybridized carbons (Fsp3) is 1.00. The van der Waals surface area contributed by atoms with Crippen LogP contribution in [0.5, 0.6) is 0 Å². The normalized spacial score (nSPS) is 36.3. The second kappa shape index (κ2) is 8.26. The summed E-state index contributed by atoms with van der Waals surface area (Å²) in [5, 5.41) is 3.65. The molecule has 2 aliphatic carbocycles. The molecule has 0 atom stereocenters. The van der Waals surface area contributed by atoms with Gasteiger partial charge in [-0.15, -0.1) is 0 Å². The van der Waals surface area contributed by atoms with Gasteiger partial charge in [0, 0.05) is 6.04 Å². The molecule has 2 rings (SSSR count). The Labute approximate surface area is 119 Å². The molecule has 2 heteroatoms. The minimum absolute atomic E-state index is 0.558. The summed E-state index contributed by atoms with van der Waals surface area (Å²) < 4.78 is 6.35. The molecule has 2 nitrogen and oxygen atoms in total. The van der Waals surface area contributed by atoms with Crippen molar-refractivity contribution < 1.29 is 4.74 Å². The van der Waals surface area contributed by atoms with Gasteiger partial charge in [0.2, 0.25) is 0 Å². The van der Waals surface area contributed by atoms with E-state index in [4.69, 9.17) is 4.74 Å². The topological polar surface area (TPSA) is 21.3 Å². The van der Waals surface area contributed by atoms with Crippen molar-refractivity contribution in [3.63, 3.8) is 0 Å². The first-order chi connectivity index (χ1) is 9.31. The molecule has 0 aromatic heterocycles. The molecule has 2 saturated carbocycles. The molecule has 0 unspecified atom stereocenters. The van der Waals surface area contributed by atoms with E-state index in [-0.39, 0.29) is 0 Å². The molecule has 112 valence electrons. The zero-order chi connectivity index (χ0) is 13.5. The Balaban J connectivity index is 1.60. The number of rotatable bonds is 6. The second-order valence-electron chi connectivity index (χ2n) is 6.61. The van der Waals surface area contributed by atoms with Crippen LogP contribution in [0.25, 0.3) is 0 Å². The van der Waals surface area contributed by atoms with Crippen LogP contribution in [-0.2, 0) is 4.74 Å². The van der Waals surface area contributed by atoms with Gasteiger partial charge in [-0.2, -0.15) is 0 Å². The lowest BCUT2D eigenvalue weighted by atomic mass is 9.85. The molecule has 0 heterocycles. The van der Waals surface area contributed by atoms with E-state index in [1.54, 1.807) is 0 Å². The quantitative estimate of drug-likeness (QED) is 0.775. The SMILES string of the molecule is CCCNC1CCC(OC2CCC(CC)CC2)CC1. The highest BCUT2D eigenvalue weighted by atomic mass is 16.5. The van der Waals surface area contributed by atoms with Gasteiger partial charge in [-0.05, 0) is 70.3 Å². The summed E-state index contributed by atoms with van der Waals surface area (Å²) in [6.07, 6.45) is 14.3. The number of hydrogen-bond acceptors (Lipinski definition) is 2. The van der Waals surface area contributed by atoms with E-state index in [2.05, 4.69) is 19.2 Å². The Morgan fingerprint density at radius 1 is 0.842 bits per heavy atom. The largest absolute Gasteiger partial charge is 0.375 e. The van der Waals surface area contributed by atoms with Gasteiger partial charge in [0.25, 0.3) is 0 Å². The van der Waals surface area contributed by atoms with Crippen molar-refractivity contribution in [2.45, 2.75) is 96.3 Å². The fourth-order valence-corrected chi connectivity index (χ4v) is 3.70. The van der Waals surface area contributed by atoms with Crippen molar-refractivity contribution in [2.24, 2.45) is 5.92 Å². The van der Waals surface area contributed by atoms with Gasteiger partial charge < -0.3 is 10.1 Å². The molecule has 0 spiro atoms. The van der Waals surface area contributed by atoms with Crippen LogP contribution in [0.2, 0.25) is 0 Å². The van der Waals surface area contributed by atoms with Crippen molar-refractivity contribution in [3.05, 3.63) is 0 Å². The van der Waals surface area contributed by atoms with Crippen LogP contribution in [0, 0.1) is 5.92 Å². The van der Waals surface area contributed by atoms with Crippen LogP contribution in [0.3, 0.4) is 0 Å². The summed E-state index contributed by atoms with van der Waals surface area (Å²) in [5.74, 6) is 0.980. The third-order valence-corrected chi connectivity index (χ3v) is 5.11. The molecule has 2 aliphatic rings. The van der Waals surface area contributed by atoms with E-state index >= 15 is 0 Å². The maximum Gasteiger partial charge on any atom is 0.0580 e. The lowest BCUT2D eigenvalue weighted by Gasteiger charge is -2.34. The molecule has 1 N–H and O–H groups in total. The molecule has 0 aromatic carbocycles. The maximum absolute atomic E-state index is 6.35. The van der Waals surface area contributed by atoms with Gasteiger partial charge in [0.05, 0.1) is 12.2 Å². The summed E-state index contributed by atoms with van der Waals surface area (Å²) in [5.41, 5.74) is 0. The minimum atomic E-state index is 0.558. The average Bonchev–Trinajstić information content (AvgIpc) is 2.47. The summed E-state index contributed by atoms with van der Waals surface area (Å²) in [4.78, 5) is 0. The van der Waals surface area contributed by atoms with E-state index in [9.17, 15) is 0 Å². The zero-order valence-electron chi connectivity index (χ0n) is 13.0. The fourth-order valence-electron chi connectivity index (χ4n) is 3.70. The number of ether oxygens (including phenoxy) is 1. The highest BCUT2D eigenvalue weighted by Crippen LogP contribution is 2.31. The summed E-state index contributed by atoms with van der Waals surface area (Å²) in [7, 11) is 0. The van der Waals surface area contributed by atoms with E-state index < -0.39 is 0 Å². The van der Waals surface area contributed by atoms with Gasteiger partial charge >= 0.3 is 0 Å². The van der Waals surface area contributed by atoms with E-state index in [0.717, 1.165) is 12.0 Å². The van der Waals surface area contributed by atoms with Crippen LogP contribution in [0.15, 0.2) is 0 Å². The maximum atomic E-state index is 6.35. The lowest BCUT2D eigenvalue weighted by Crippen LogP contribution is -2.37. The Morgan fingerprint density at radius 3 is 1.95 bits per heavy atom. The second-order valence-corrected chi connectivity index (χ2v) is 6.61. The van der Waals surface area contributed by atoms with Crippen LogP contribution in [-0.4, -0.2) is 24.8 Å². The zero-order valence-corrected chi connectivity index (χ0v) is 13.0. The lowest BCUT2D eigenvalue weighted by molar-refractivity contribution is -0.0539. The van der Waals surface area contributed by atoms with Gasteiger partial charge in [-0.25, -0.2) is 0 Å². The first-order valence-corrected chi connectivity index (χ1v) is 8.70. The molecule has 19 heavy (non-hydrogen) atoms. The molecule has 0 saturated heterocycles. The van der Waals surface area contributed by atoms with Crippen molar-refractivity contribution in [1.82, 2.24) is 5.32 Å². The highest BCUT2D eigenvalue weighted by Gasteiger charge is 2.26. The van der Waals surface area contributed by atoms with E-state index in [1.807, 2.05) is 0 Å². The predicted molar refractivity (Wildman–Crippen MR) is 81.5 cm³/mol. The first kappa shape index (κ1) is 15.3. The Kier molecular flexibility index (Phi) is 6.66. The average molecular weight is 267 g/mol. The third kappa shape index (κ3) is 5.07. The molecule has 0 radical (unpaired) electrons. The predicted octanol–water partition coefficient (Wildman–Crippen LogP) is 4.28. The van der Waals surface area contributed by atoms with Crippen LogP contribution in [0.4, 0.5) is 0 Å². The molecule has 2 fully saturated rings. The van der Waals surface area contributed by atoms with Crippen molar-refractivity contribution in [2.75, 3.05) is 6.54 Å². The van der Waals surface area contributed by atoms with E-state index in [0.29, 0.717) is 12.2 Å². The van der Waals surface area contributed by atoms with E-state index in [1.165, 1.54) is 70.8 Å². The van der Waals surface area contributed by atoms with Crippen LogP contribution < -0.4 is 5.32 Å². The minimum Gasteiger partial charge on any atom is -0.375 e. The number of nitrogens with one attached hydrogen (secondary N) is 1. The van der Waals surface area contributed by atoms with Gasteiger partial charge in [-0.3, -0.25) is 0 Å². The first-order valence-electron chi connectivity index (χ1n) is 8.70. The van der Waals surface area contributed by atoms with Gasteiger partial charge in [0.1, 0.15) is 0 Å². The van der Waals surface area contributed by atoms with Crippen molar-refractivity contribution in [3.8, 4) is 0 Å². The van der Waals surface area contributed by atoms with Crippen molar-refractivity contribution in [1.29, 1.82) is 0 Å². The summed E-state index contributed by atoms with van der Waals surface area (Å²) >= 11 is 0. The monoisotopic (exact) mass is 267 g/mol. The van der Waals surface area contributed by atoms with Crippen LogP contribution >= 0.6 is 0 Å². The standard InChI is InChI=1S/C17H33NO/c1-3-13-18-15-7-11-17(12-8-15)19-16-9-5-14(4-2)6-10-16/h14-18H,3-13H2,1-2H3. The Hall–Kier alpha value is -0.0800. The Bertz CT molecular complexity index is 227. The summed E-state index contributed by atoms with van der Waals surface area (Å²) in [6.45, 7) is 5.75. The molecular weight excluding hydrogens is 234 g/mol. The summed E-state index contributed by atoms with van der Waals surface area (Å²) in [6, 6.07) is 0.760.